The highest BCUT2D eigenvalue weighted by Crippen LogP contribution is 2.12. The van der Waals surface area contributed by atoms with E-state index in [1.165, 1.54) is 12.8 Å². The predicted molar refractivity (Wildman–Crippen MR) is 64.8 cm³/mol. The predicted octanol–water partition coefficient (Wildman–Crippen LogP) is 3.03. The molecule has 0 radical (unpaired) electrons. The van der Waals surface area contributed by atoms with Crippen molar-refractivity contribution in [2.24, 2.45) is 5.92 Å². The second kappa shape index (κ2) is 11.0. The van der Waals surface area contributed by atoms with Gasteiger partial charge in [-0.15, -0.1) is 0 Å². The van der Waals surface area contributed by atoms with Crippen molar-refractivity contribution in [1.29, 1.82) is 0 Å². The molecule has 0 bridgehead atoms. The van der Waals surface area contributed by atoms with Crippen LogP contribution in [0.3, 0.4) is 0 Å². The van der Waals surface area contributed by atoms with Crippen LogP contribution in [0.1, 0.15) is 40.5 Å². The Morgan fingerprint density at radius 1 is 1.14 bits per heavy atom. The molecule has 0 aliphatic carbocycles. The van der Waals surface area contributed by atoms with Gasteiger partial charge in [0.2, 0.25) is 0 Å². The largest absolute Gasteiger partial charge is 0.385 e. The molecule has 14 heavy (non-hydrogen) atoms. The molecule has 88 valence electrons. The van der Waals surface area contributed by atoms with Gasteiger partial charge in [0.05, 0.1) is 0 Å². The molecular formula is C12H29NO. The lowest BCUT2D eigenvalue weighted by Gasteiger charge is -2.23. The SMILES string of the molecule is CC.COCCC(C)CC(C)N(C)C. The molecule has 0 rings (SSSR count). The summed E-state index contributed by atoms with van der Waals surface area (Å²) in [6.07, 6.45) is 2.44. The van der Waals surface area contributed by atoms with Gasteiger partial charge in [0.15, 0.2) is 0 Å². The van der Waals surface area contributed by atoms with E-state index >= 15 is 0 Å². The molecule has 0 aromatic carbocycles. The average molecular weight is 203 g/mol. The van der Waals surface area contributed by atoms with Gasteiger partial charge in [-0.05, 0) is 39.8 Å². The summed E-state index contributed by atoms with van der Waals surface area (Å²) in [5.41, 5.74) is 0. The van der Waals surface area contributed by atoms with Gasteiger partial charge in [-0.2, -0.15) is 0 Å². The van der Waals surface area contributed by atoms with E-state index in [0.717, 1.165) is 12.5 Å². The second-order valence-corrected chi connectivity index (χ2v) is 3.93. The van der Waals surface area contributed by atoms with Crippen molar-refractivity contribution in [2.45, 2.75) is 46.6 Å². The molecule has 0 aliphatic rings. The van der Waals surface area contributed by atoms with Gasteiger partial charge in [0.25, 0.3) is 0 Å². The van der Waals surface area contributed by atoms with E-state index in [9.17, 15) is 0 Å². The Hall–Kier alpha value is -0.0800. The van der Waals surface area contributed by atoms with Crippen LogP contribution in [0.15, 0.2) is 0 Å². The Morgan fingerprint density at radius 3 is 2.00 bits per heavy atom. The van der Waals surface area contributed by atoms with Crippen LogP contribution in [0.25, 0.3) is 0 Å². The Balaban J connectivity index is 0. The van der Waals surface area contributed by atoms with Crippen LogP contribution in [0.4, 0.5) is 0 Å². The zero-order valence-electron chi connectivity index (χ0n) is 11.1. The Morgan fingerprint density at radius 2 is 1.64 bits per heavy atom. The van der Waals surface area contributed by atoms with E-state index < -0.39 is 0 Å². The molecule has 2 unspecified atom stereocenters. The van der Waals surface area contributed by atoms with E-state index in [2.05, 4.69) is 32.8 Å². The molecule has 0 spiro atoms. The molecular weight excluding hydrogens is 174 g/mol. The molecule has 0 aromatic rings. The Labute approximate surface area is 90.6 Å². The van der Waals surface area contributed by atoms with E-state index in [1.54, 1.807) is 7.11 Å². The van der Waals surface area contributed by atoms with E-state index in [0.29, 0.717) is 6.04 Å². The maximum atomic E-state index is 5.04. The van der Waals surface area contributed by atoms with Gasteiger partial charge in [-0.3, -0.25) is 0 Å². The van der Waals surface area contributed by atoms with Crippen molar-refractivity contribution < 1.29 is 4.74 Å². The van der Waals surface area contributed by atoms with Gasteiger partial charge >= 0.3 is 0 Å². The number of nitrogens with zero attached hydrogens (tertiary/aromatic N) is 1. The molecule has 0 amide bonds. The highest BCUT2D eigenvalue weighted by molar-refractivity contribution is 4.64. The van der Waals surface area contributed by atoms with Crippen LogP contribution in [0.5, 0.6) is 0 Å². The van der Waals surface area contributed by atoms with Crippen molar-refractivity contribution in [3.05, 3.63) is 0 Å². The van der Waals surface area contributed by atoms with Gasteiger partial charge < -0.3 is 9.64 Å². The monoisotopic (exact) mass is 203 g/mol. The number of hydrogen-bond acceptors (Lipinski definition) is 2. The van der Waals surface area contributed by atoms with Crippen LogP contribution in [0.2, 0.25) is 0 Å². The number of methoxy groups -OCH3 is 1. The van der Waals surface area contributed by atoms with Crippen molar-refractivity contribution in [1.82, 2.24) is 4.90 Å². The maximum Gasteiger partial charge on any atom is 0.0464 e. The van der Waals surface area contributed by atoms with Crippen molar-refractivity contribution in [2.75, 3.05) is 27.8 Å². The molecule has 0 aliphatic heterocycles. The molecule has 0 saturated carbocycles. The quantitative estimate of drug-likeness (QED) is 0.658. The fourth-order valence-corrected chi connectivity index (χ4v) is 1.23. The van der Waals surface area contributed by atoms with Crippen molar-refractivity contribution >= 4 is 0 Å². The summed E-state index contributed by atoms with van der Waals surface area (Å²) < 4.78 is 5.04. The molecule has 0 heterocycles. The average Bonchev–Trinajstić information content (AvgIpc) is 2.17. The third-order valence-electron chi connectivity index (χ3n) is 2.44. The Kier molecular flexibility index (Phi) is 12.8. The molecule has 0 N–H and O–H groups in total. The fourth-order valence-electron chi connectivity index (χ4n) is 1.23. The zero-order chi connectivity index (χ0) is 11.6. The van der Waals surface area contributed by atoms with Crippen LogP contribution < -0.4 is 0 Å². The van der Waals surface area contributed by atoms with E-state index in [4.69, 9.17) is 4.74 Å². The fraction of sp³-hybridized carbons (Fsp3) is 1.00. The molecule has 0 aromatic heterocycles. The minimum Gasteiger partial charge on any atom is -0.385 e. The van der Waals surface area contributed by atoms with E-state index in [-0.39, 0.29) is 0 Å². The van der Waals surface area contributed by atoms with Gasteiger partial charge in [0.1, 0.15) is 0 Å². The van der Waals surface area contributed by atoms with Crippen LogP contribution in [0, 0.1) is 5.92 Å². The summed E-state index contributed by atoms with van der Waals surface area (Å²) in [5, 5.41) is 0. The van der Waals surface area contributed by atoms with Gasteiger partial charge in [-0.1, -0.05) is 20.8 Å². The molecule has 0 fully saturated rings. The standard InChI is InChI=1S/C10H23NO.C2H6/c1-9(6-7-12-5)8-10(2)11(3)4;1-2/h9-10H,6-8H2,1-5H3;1-2H3. The first kappa shape index (κ1) is 16.4. The summed E-state index contributed by atoms with van der Waals surface area (Å²) in [5.74, 6) is 0.766. The third kappa shape index (κ3) is 10.0. The van der Waals surface area contributed by atoms with Crippen LogP contribution in [-0.2, 0) is 4.74 Å². The van der Waals surface area contributed by atoms with Crippen molar-refractivity contribution in [3.63, 3.8) is 0 Å². The Bertz CT molecular complexity index is 104. The highest BCUT2D eigenvalue weighted by Gasteiger charge is 2.09. The molecule has 2 heteroatoms. The lowest BCUT2D eigenvalue weighted by Crippen LogP contribution is -2.26. The summed E-state index contributed by atoms with van der Waals surface area (Å²) in [7, 11) is 6.03. The summed E-state index contributed by atoms with van der Waals surface area (Å²) in [6, 6.07) is 0.678. The number of ether oxygens (including phenoxy) is 1. The zero-order valence-corrected chi connectivity index (χ0v) is 11.1. The molecule has 2 atom stereocenters. The van der Waals surface area contributed by atoms with Gasteiger partial charge in [-0.25, -0.2) is 0 Å². The highest BCUT2D eigenvalue weighted by atomic mass is 16.5. The summed E-state index contributed by atoms with van der Waals surface area (Å²) >= 11 is 0. The minimum absolute atomic E-state index is 0.678. The first-order chi connectivity index (χ1) is 6.57. The van der Waals surface area contributed by atoms with Crippen molar-refractivity contribution in [3.8, 4) is 0 Å². The number of rotatable bonds is 6. The molecule has 2 nitrogen and oxygen atoms in total. The first-order valence-electron chi connectivity index (χ1n) is 5.73. The van der Waals surface area contributed by atoms with Gasteiger partial charge in [0, 0.05) is 19.8 Å². The number of hydrogen-bond donors (Lipinski definition) is 0. The maximum absolute atomic E-state index is 5.04. The molecule has 0 saturated heterocycles. The topological polar surface area (TPSA) is 12.5 Å². The first-order valence-corrected chi connectivity index (χ1v) is 5.73. The lowest BCUT2D eigenvalue weighted by molar-refractivity contribution is 0.168. The summed E-state index contributed by atoms with van der Waals surface area (Å²) in [4.78, 5) is 2.27. The van der Waals surface area contributed by atoms with Crippen LogP contribution in [-0.4, -0.2) is 38.8 Å². The smallest absolute Gasteiger partial charge is 0.0464 e. The summed E-state index contributed by atoms with van der Waals surface area (Å²) in [6.45, 7) is 9.45. The third-order valence-corrected chi connectivity index (χ3v) is 2.44. The minimum atomic E-state index is 0.678. The van der Waals surface area contributed by atoms with E-state index in [1.807, 2.05) is 13.8 Å². The van der Waals surface area contributed by atoms with Crippen LogP contribution >= 0.6 is 0 Å². The second-order valence-electron chi connectivity index (χ2n) is 3.93. The lowest BCUT2D eigenvalue weighted by atomic mass is 9.99. The normalized spacial score (nSPS) is 14.6.